The van der Waals surface area contributed by atoms with Crippen molar-refractivity contribution in [1.29, 1.82) is 0 Å². The van der Waals surface area contributed by atoms with Gasteiger partial charge in [0.1, 0.15) is 52.6 Å². The van der Waals surface area contributed by atoms with Crippen LogP contribution in [0.4, 0.5) is 42.9 Å². The average molecular weight is 1360 g/mol. The number of phosphoric ester groups is 1. The Hall–Kier alpha value is -8.89. The SMILES string of the molecule is COC(=O)N[C@H](C(=O)N1CCC[C@H]1c1nc2cc(F)c([C@H]3CC[C@H](c4cc5nc([C@@H]6CCCN6C(=O)[C@@H](NC(=O)OC)[C@@H](C)OC)n(COC(=O)Cc6ccc(OP(=O)(O)O)cc6)c5cc4F)N3c3cc(F)c(N4CCC(c5ccc(F)cc5)CC4)c(F)c3)cc2[nH]1)[C@@H](C)OC. The number of nitrogens with zero attached hydrogens (tertiary/aromatic N) is 7. The Kier molecular flexibility index (Phi) is 20.6. The first-order valence-electron chi connectivity index (χ1n) is 31.5. The molecule has 4 saturated heterocycles. The van der Waals surface area contributed by atoms with Crippen LogP contribution in [0.1, 0.15) is 129 Å². The molecule has 0 spiro atoms. The highest BCUT2D eigenvalue weighted by Gasteiger charge is 2.44. The molecule has 8 atom stereocenters. The van der Waals surface area contributed by atoms with E-state index in [-0.39, 0.29) is 101 Å². The summed E-state index contributed by atoms with van der Waals surface area (Å²) in [6.45, 7) is 3.65. The van der Waals surface area contributed by atoms with Crippen molar-refractivity contribution >= 4 is 71.2 Å². The maximum absolute atomic E-state index is 17.8. The van der Waals surface area contributed by atoms with Crippen molar-refractivity contribution in [3.05, 3.63) is 148 Å². The molecular weight excluding hydrogens is 1280 g/mol. The number of alkyl carbamates (subject to hydrolysis) is 2. The second-order valence-electron chi connectivity index (χ2n) is 24.4. The fourth-order valence-corrected chi connectivity index (χ4v) is 14.2. The molecule has 2 aromatic heterocycles. The van der Waals surface area contributed by atoms with Gasteiger partial charge in [0.2, 0.25) is 11.8 Å². The number of imidazole rings is 2. The summed E-state index contributed by atoms with van der Waals surface area (Å²) in [7, 11) is 0.199. The molecule has 5 aromatic carbocycles. The van der Waals surface area contributed by atoms with Gasteiger partial charge in [-0.05, 0) is 131 Å². The highest BCUT2D eigenvalue weighted by molar-refractivity contribution is 7.46. The number of likely N-dealkylation sites (tertiary alicyclic amines) is 2. The highest BCUT2D eigenvalue weighted by Crippen LogP contribution is 2.51. The minimum atomic E-state index is -4.88. The van der Waals surface area contributed by atoms with E-state index in [1.54, 1.807) is 46.7 Å². The van der Waals surface area contributed by atoms with Gasteiger partial charge in [-0.15, -0.1) is 0 Å². The van der Waals surface area contributed by atoms with Crippen LogP contribution in [0.5, 0.6) is 5.75 Å². The molecule has 6 heterocycles. The molecule has 0 saturated carbocycles. The molecule has 30 heteroatoms. The Morgan fingerprint density at radius 1 is 0.646 bits per heavy atom. The van der Waals surface area contributed by atoms with Crippen LogP contribution in [0.2, 0.25) is 0 Å². The molecule has 4 fully saturated rings. The maximum atomic E-state index is 17.8. The molecule has 4 aliphatic rings. The number of nitrogens with one attached hydrogen (secondary N) is 3. The van der Waals surface area contributed by atoms with E-state index in [0.29, 0.717) is 62.0 Å². The molecule has 96 heavy (non-hydrogen) atoms. The van der Waals surface area contributed by atoms with Crippen LogP contribution in [0.3, 0.4) is 0 Å². The number of rotatable bonds is 21. The lowest BCUT2D eigenvalue weighted by atomic mass is 9.89. The number of aromatic nitrogens is 4. The van der Waals surface area contributed by atoms with Crippen molar-refractivity contribution in [2.45, 2.75) is 133 Å². The predicted octanol–water partition coefficient (Wildman–Crippen LogP) is 10.1. The first-order chi connectivity index (χ1) is 45.9. The number of esters is 1. The lowest BCUT2D eigenvalue weighted by molar-refractivity contribution is -0.147. The van der Waals surface area contributed by atoms with Gasteiger partial charge in [0.15, 0.2) is 18.4 Å². The number of amides is 4. The molecule has 24 nitrogen and oxygen atoms in total. The molecule has 7 aromatic rings. The minimum absolute atomic E-state index is 0.00756. The monoisotopic (exact) mass is 1360 g/mol. The Morgan fingerprint density at radius 2 is 1.21 bits per heavy atom. The third kappa shape index (κ3) is 14.5. The molecule has 11 rings (SSSR count). The zero-order chi connectivity index (χ0) is 68.4. The van der Waals surface area contributed by atoms with Crippen LogP contribution < -0.4 is 25.0 Å². The zero-order valence-electron chi connectivity index (χ0n) is 53.4. The lowest BCUT2D eigenvalue weighted by Crippen LogP contribution is -2.54. The highest BCUT2D eigenvalue weighted by atomic mass is 31.2. The van der Waals surface area contributed by atoms with Crippen molar-refractivity contribution in [2.24, 2.45) is 0 Å². The number of H-pyrrole nitrogens is 1. The zero-order valence-corrected chi connectivity index (χ0v) is 54.3. The van der Waals surface area contributed by atoms with Crippen LogP contribution in [-0.2, 0) is 55.8 Å². The number of hydrogen-bond acceptors (Lipinski definition) is 16. The molecule has 0 unspecified atom stereocenters. The van der Waals surface area contributed by atoms with Gasteiger partial charge in [-0.2, -0.15) is 0 Å². The summed E-state index contributed by atoms with van der Waals surface area (Å²) in [5, 5.41) is 5.11. The molecule has 5 N–H and O–H groups in total. The molecule has 0 bridgehead atoms. The van der Waals surface area contributed by atoms with Crippen LogP contribution in [0.25, 0.3) is 22.1 Å². The summed E-state index contributed by atoms with van der Waals surface area (Å²) < 4.78 is 127. The minimum Gasteiger partial charge on any atom is -0.453 e. The molecule has 4 aliphatic heterocycles. The third-order valence-corrected chi connectivity index (χ3v) is 19.2. The standard InChI is InChI=1S/C66H74F5N10O14P/c1-35(90-3)58(75-65(85)92-5)63(83)78-23-7-9-54(78)61-72-49-30-43(45(68)32-50(49)73-61)52-19-20-53(81(52)41-28-47(70)60(48(71)29-41)77-25-21-39(22-26-77)38-13-15-40(67)16-14-38)44-31-51-56(33-46(44)69)80(34-94-57(82)27-37-11-17-42(18-12-37)95-96(87,88)89)62(74-51)55-10-8-24-79(55)64(84)59(36(2)91-4)76-66(86)93-6/h11-18,28-33,35-36,39,52-55,58-59H,7-10,19-27,34H2,1-6H3,(H,72,73)(H,75,85)(H,76,86)(H2,87,88,89)/t35-,36-,52-,53-,54+,55+,58+,59+/m1/s1. The van der Waals surface area contributed by atoms with Gasteiger partial charge in [-0.25, -0.2) is 46.1 Å². The van der Waals surface area contributed by atoms with Crippen molar-refractivity contribution in [2.75, 3.05) is 64.4 Å². The van der Waals surface area contributed by atoms with E-state index in [1.165, 1.54) is 85.4 Å². The van der Waals surface area contributed by atoms with Gasteiger partial charge in [0.25, 0.3) is 0 Å². The van der Waals surface area contributed by atoms with Crippen LogP contribution in [-0.4, -0.2) is 148 Å². The first-order valence-corrected chi connectivity index (χ1v) is 33.0. The lowest BCUT2D eigenvalue weighted by Gasteiger charge is -2.36. The van der Waals surface area contributed by atoms with E-state index in [2.05, 4.69) is 20.1 Å². The second kappa shape index (κ2) is 28.8. The molecule has 4 amide bonds. The van der Waals surface area contributed by atoms with Gasteiger partial charge in [-0.3, -0.25) is 28.7 Å². The number of carbonyl (C=O) groups excluding carboxylic acids is 5. The van der Waals surface area contributed by atoms with Gasteiger partial charge < -0.3 is 63.4 Å². The maximum Gasteiger partial charge on any atom is 0.524 e. The molecule has 512 valence electrons. The smallest absolute Gasteiger partial charge is 0.453 e. The summed E-state index contributed by atoms with van der Waals surface area (Å²) in [4.78, 5) is 105. The molecule has 0 radical (unpaired) electrons. The van der Waals surface area contributed by atoms with Crippen molar-refractivity contribution in [1.82, 2.24) is 40.0 Å². The summed E-state index contributed by atoms with van der Waals surface area (Å²) in [5.41, 5.74) is 1.82. The number of hydrogen-bond donors (Lipinski definition) is 5. The van der Waals surface area contributed by atoms with Crippen LogP contribution in [0.15, 0.2) is 84.9 Å². The topological polar surface area (TPSA) is 282 Å². The number of fused-ring (bicyclic) bond motifs is 2. The Labute approximate surface area is 548 Å². The van der Waals surface area contributed by atoms with E-state index in [0.717, 1.165) is 24.8 Å². The number of methoxy groups -OCH3 is 4. The van der Waals surface area contributed by atoms with E-state index in [9.17, 15) is 42.7 Å². The van der Waals surface area contributed by atoms with E-state index in [1.807, 2.05) is 0 Å². The van der Waals surface area contributed by atoms with Crippen LogP contribution in [0, 0.1) is 29.1 Å². The number of ether oxygens (including phenoxy) is 5. The molecular formula is C66H74F5N10O14P. The van der Waals surface area contributed by atoms with Crippen molar-refractivity contribution in [3.63, 3.8) is 0 Å². The fraction of sp³-hybridized carbons (Fsp3) is 0.439. The summed E-state index contributed by atoms with van der Waals surface area (Å²) in [5.74, 6) is -5.28. The van der Waals surface area contributed by atoms with Crippen LogP contribution >= 0.6 is 7.82 Å². The predicted molar refractivity (Wildman–Crippen MR) is 338 cm³/mol. The number of halogens is 5. The second-order valence-corrected chi connectivity index (χ2v) is 25.6. The van der Waals surface area contributed by atoms with E-state index >= 15 is 17.6 Å². The number of anilines is 2. The average Bonchev–Trinajstić information content (AvgIpc) is 1.56. The van der Waals surface area contributed by atoms with Gasteiger partial charge in [0, 0.05) is 69.3 Å². The number of benzene rings is 5. The largest absolute Gasteiger partial charge is 0.524 e. The van der Waals surface area contributed by atoms with Crippen molar-refractivity contribution in [3.8, 4) is 5.75 Å². The number of piperidine rings is 1. The van der Waals surface area contributed by atoms with Gasteiger partial charge >= 0.3 is 26.0 Å². The quantitative estimate of drug-likeness (QED) is 0.0194. The number of carbonyl (C=O) groups is 5. The Morgan fingerprint density at radius 3 is 1.78 bits per heavy atom. The summed E-state index contributed by atoms with van der Waals surface area (Å²) in [6.07, 6.45) is -0.673. The fourth-order valence-electron chi connectivity index (χ4n) is 13.8. The first kappa shape index (κ1) is 68.5. The molecule has 0 aliphatic carbocycles. The van der Waals surface area contributed by atoms with E-state index < -0.39 is 116 Å². The Bertz CT molecular complexity index is 4070. The van der Waals surface area contributed by atoms with E-state index in [4.69, 9.17) is 33.7 Å². The number of phosphoric acid groups is 1. The van der Waals surface area contributed by atoms with Crippen molar-refractivity contribution < 1.29 is 88.5 Å². The van der Waals surface area contributed by atoms with Gasteiger partial charge in [-0.1, -0.05) is 24.3 Å². The number of aromatic amines is 1. The summed E-state index contributed by atoms with van der Waals surface area (Å²) in [6, 6.07) is 13.2. The van der Waals surface area contributed by atoms with Gasteiger partial charge in [0.05, 0.1) is 79.1 Å². The normalized spacial score (nSPS) is 19.8. The third-order valence-electron chi connectivity index (χ3n) is 18.7. The Balaban J connectivity index is 0.972. The summed E-state index contributed by atoms with van der Waals surface area (Å²) >= 11 is 0.